The van der Waals surface area contributed by atoms with Crippen LogP contribution in [0, 0.1) is 0 Å². The van der Waals surface area contributed by atoms with Gasteiger partial charge in [-0.3, -0.25) is 9.48 Å². The number of amides is 1. The van der Waals surface area contributed by atoms with Crippen LogP contribution in [0.3, 0.4) is 0 Å². The average molecular weight is 446 g/mol. The summed E-state index contributed by atoms with van der Waals surface area (Å²) in [6, 6.07) is 15.1. The van der Waals surface area contributed by atoms with Crippen LogP contribution in [-0.2, 0) is 23.4 Å². The number of carbonyl (C=O) groups excluding carboxylic acids is 1. The maximum Gasteiger partial charge on any atom is 0.253 e. The van der Waals surface area contributed by atoms with Gasteiger partial charge >= 0.3 is 0 Å². The van der Waals surface area contributed by atoms with Gasteiger partial charge in [0.05, 0.1) is 27.1 Å². The Morgan fingerprint density at radius 3 is 2.69 bits per heavy atom. The zero-order valence-corrected chi connectivity index (χ0v) is 18.0. The van der Waals surface area contributed by atoms with Crippen molar-refractivity contribution in [2.45, 2.75) is 16.3 Å². The number of aryl methyl sites for hydroxylation is 1. The quantitative estimate of drug-likeness (QED) is 0.448. The predicted octanol–water partition coefficient (Wildman–Crippen LogP) is 2.98. The number of hydrogen-bond donors (Lipinski definition) is 1. The number of rotatable bonds is 5. The van der Waals surface area contributed by atoms with Gasteiger partial charge in [0.2, 0.25) is 9.84 Å². The minimum absolute atomic E-state index is 0.189. The summed E-state index contributed by atoms with van der Waals surface area (Å²) in [5.41, 5.74) is 2.82. The molecule has 0 spiro atoms. The Labute approximate surface area is 184 Å². The highest BCUT2D eigenvalue weighted by atomic mass is 32.2. The fourth-order valence-electron chi connectivity index (χ4n) is 3.64. The molecule has 3 heterocycles. The molecule has 5 rings (SSSR count). The van der Waals surface area contributed by atoms with Crippen molar-refractivity contribution in [2.75, 3.05) is 0 Å². The fraction of sp³-hybridized carbons (Fsp3) is 0.0870. The maximum absolute atomic E-state index is 13.2. The summed E-state index contributed by atoms with van der Waals surface area (Å²) < 4.78 is 29.8. The van der Waals surface area contributed by atoms with E-state index in [1.54, 1.807) is 89.4 Å². The van der Waals surface area contributed by atoms with Crippen LogP contribution in [0.4, 0.5) is 0 Å². The number of nitrogens with zero attached hydrogens (tertiary/aromatic N) is 4. The van der Waals surface area contributed by atoms with Gasteiger partial charge in [-0.2, -0.15) is 5.10 Å². The smallest absolute Gasteiger partial charge is 0.253 e. The van der Waals surface area contributed by atoms with E-state index >= 15 is 0 Å². The number of hydrogen-bond acceptors (Lipinski definition) is 5. The van der Waals surface area contributed by atoms with Crippen LogP contribution >= 0.6 is 0 Å². The molecule has 0 fully saturated rings. The molecule has 0 radical (unpaired) electrons. The third kappa shape index (κ3) is 3.42. The molecule has 0 bridgehead atoms. The second-order valence-electron chi connectivity index (χ2n) is 7.40. The zero-order valence-electron chi connectivity index (χ0n) is 17.1. The van der Waals surface area contributed by atoms with Gasteiger partial charge in [-0.25, -0.2) is 13.4 Å². The van der Waals surface area contributed by atoms with E-state index in [4.69, 9.17) is 0 Å². The van der Waals surface area contributed by atoms with Crippen molar-refractivity contribution in [1.82, 2.24) is 24.5 Å². The summed E-state index contributed by atoms with van der Waals surface area (Å²) in [7, 11) is -1.93. The fourth-order valence-corrected chi connectivity index (χ4v) is 5.09. The van der Waals surface area contributed by atoms with E-state index in [1.165, 1.54) is 0 Å². The van der Waals surface area contributed by atoms with Gasteiger partial charge < -0.3 is 9.72 Å². The highest BCUT2D eigenvalue weighted by molar-refractivity contribution is 7.91. The first kappa shape index (κ1) is 20.0. The van der Waals surface area contributed by atoms with E-state index in [0.717, 1.165) is 16.7 Å². The van der Waals surface area contributed by atoms with Gasteiger partial charge in [0, 0.05) is 37.6 Å². The highest BCUT2D eigenvalue weighted by Crippen LogP contribution is 2.28. The summed E-state index contributed by atoms with van der Waals surface area (Å²) >= 11 is 0. The second kappa shape index (κ2) is 7.61. The molecule has 0 aliphatic carbocycles. The van der Waals surface area contributed by atoms with Crippen LogP contribution in [0.2, 0.25) is 0 Å². The zero-order chi connectivity index (χ0) is 22.3. The third-order valence-electron chi connectivity index (χ3n) is 5.38. The number of aromatic nitrogens is 4. The molecular weight excluding hydrogens is 426 g/mol. The second-order valence-corrected chi connectivity index (χ2v) is 9.32. The Morgan fingerprint density at radius 1 is 1.06 bits per heavy atom. The lowest BCUT2D eigenvalue weighted by molar-refractivity contribution is 0.0950. The van der Waals surface area contributed by atoms with Crippen LogP contribution in [0.1, 0.15) is 15.9 Å². The van der Waals surface area contributed by atoms with E-state index in [2.05, 4.69) is 15.4 Å². The first-order valence-corrected chi connectivity index (χ1v) is 11.4. The maximum atomic E-state index is 13.2. The molecular formula is C23H19N5O3S. The Morgan fingerprint density at radius 2 is 1.88 bits per heavy atom. The molecule has 0 atom stereocenters. The summed E-state index contributed by atoms with van der Waals surface area (Å²) in [6.45, 7) is 0.277. The summed E-state index contributed by atoms with van der Waals surface area (Å²) in [6.07, 6.45) is 6.72. The molecule has 32 heavy (non-hydrogen) atoms. The summed E-state index contributed by atoms with van der Waals surface area (Å²) in [5.74, 6) is -0.222. The molecule has 0 aliphatic heterocycles. The standard InChI is InChI=1S/C23H19N5O3S/c1-27-20-3-2-4-21(19(20)14-26-27)32(30,31)18-8-5-16(6-9-18)13-25-23(29)17-7-10-22-24-11-12-28(22)15-17/h2-12,14-15H,13H2,1H3,(H,25,29). The van der Waals surface area contributed by atoms with Crippen molar-refractivity contribution in [3.05, 3.63) is 90.5 Å². The van der Waals surface area contributed by atoms with Crippen molar-refractivity contribution < 1.29 is 13.2 Å². The van der Waals surface area contributed by atoms with Gasteiger partial charge in [-0.15, -0.1) is 0 Å². The van der Waals surface area contributed by atoms with Crippen molar-refractivity contribution >= 4 is 32.3 Å². The summed E-state index contributed by atoms with van der Waals surface area (Å²) in [4.78, 5) is 17.0. The molecule has 0 saturated carbocycles. The number of pyridine rings is 1. The highest BCUT2D eigenvalue weighted by Gasteiger charge is 2.21. The topological polar surface area (TPSA) is 98.4 Å². The lowest BCUT2D eigenvalue weighted by Crippen LogP contribution is -2.23. The molecule has 0 saturated heterocycles. The number of nitrogens with one attached hydrogen (secondary N) is 1. The molecule has 5 aromatic rings. The lowest BCUT2D eigenvalue weighted by atomic mass is 10.2. The molecule has 1 amide bonds. The third-order valence-corrected chi connectivity index (χ3v) is 7.21. The largest absolute Gasteiger partial charge is 0.348 e. The van der Waals surface area contributed by atoms with E-state index in [1.807, 2.05) is 6.07 Å². The number of benzene rings is 2. The van der Waals surface area contributed by atoms with E-state index in [9.17, 15) is 13.2 Å². The molecule has 1 N–H and O–H groups in total. The minimum Gasteiger partial charge on any atom is -0.348 e. The Kier molecular flexibility index (Phi) is 4.75. The van der Waals surface area contributed by atoms with Crippen LogP contribution in [0.5, 0.6) is 0 Å². The van der Waals surface area contributed by atoms with Gasteiger partial charge in [-0.1, -0.05) is 18.2 Å². The van der Waals surface area contributed by atoms with Gasteiger partial charge in [0.25, 0.3) is 5.91 Å². The molecule has 0 unspecified atom stereocenters. The van der Waals surface area contributed by atoms with E-state index < -0.39 is 9.84 Å². The molecule has 0 aliphatic rings. The normalized spacial score (nSPS) is 11.8. The number of imidazole rings is 1. The van der Waals surface area contributed by atoms with Crippen LogP contribution in [0.25, 0.3) is 16.6 Å². The predicted molar refractivity (Wildman–Crippen MR) is 119 cm³/mol. The van der Waals surface area contributed by atoms with E-state index in [0.29, 0.717) is 10.9 Å². The summed E-state index contributed by atoms with van der Waals surface area (Å²) in [5, 5.41) is 7.60. The Bertz CT molecular complexity index is 1570. The van der Waals surface area contributed by atoms with Crippen molar-refractivity contribution in [3.8, 4) is 0 Å². The average Bonchev–Trinajstić information content (AvgIpc) is 3.43. The van der Waals surface area contributed by atoms with Crippen molar-refractivity contribution in [2.24, 2.45) is 7.05 Å². The molecule has 8 nitrogen and oxygen atoms in total. The monoisotopic (exact) mass is 445 g/mol. The van der Waals surface area contributed by atoms with Crippen LogP contribution < -0.4 is 5.32 Å². The lowest BCUT2D eigenvalue weighted by Gasteiger charge is -2.09. The van der Waals surface area contributed by atoms with Crippen molar-refractivity contribution in [1.29, 1.82) is 0 Å². The van der Waals surface area contributed by atoms with E-state index in [-0.39, 0.29) is 22.2 Å². The number of fused-ring (bicyclic) bond motifs is 2. The molecule has 160 valence electrons. The Balaban J connectivity index is 1.33. The van der Waals surface area contributed by atoms with Gasteiger partial charge in [0.15, 0.2) is 0 Å². The molecule has 3 aromatic heterocycles. The van der Waals surface area contributed by atoms with Gasteiger partial charge in [0.1, 0.15) is 5.65 Å². The van der Waals surface area contributed by atoms with Crippen LogP contribution in [0.15, 0.2) is 89.2 Å². The minimum atomic E-state index is -3.71. The van der Waals surface area contributed by atoms with Crippen LogP contribution in [-0.4, -0.2) is 33.5 Å². The molecule has 2 aromatic carbocycles. The van der Waals surface area contributed by atoms with Gasteiger partial charge in [-0.05, 0) is 42.0 Å². The number of carbonyl (C=O) groups is 1. The Hall–Kier alpha value is -3.98. The first-order valence-electron chi connectivity index (χ1n) is 9.89. The van der Waals surface area contributed by atoms with Crippen molar-refractivity contribution in [3.63, 3.8) is 0 Å². The molecule has 9 heteroatoms. The SMILES string of the molecule is Cn1ncc2c(S(=O)(=O)c3ccc(CNC(=O)c4ccc5nccn5c4)cc3)cccc21. The number of sulfone groups is 1. The first-order chi connectivity index (χ1) is 15.4.